The molecule has 0 amide bonds. The Morgan fingerprint density at radius 1 is 1.05 bits per heavy atom. The fourth-order valence-electron chi connectivity index (χ4n) is 1.50. The average Bonchev–Trinajstić information content (AvgIpc) is 2.35. The zero-order valence-electron chi connectivity index (χ0n) is 9.36. The predicted octanol–water partition coefficient (Wildman–Crippen LogP) is 5.47. The summed E-state index contributed by atoms with van der Waals surface area (Å²) in [6, 6.07) is 10.7. The zero-order valence-corrected chi connectivity index (χ0v) is 14.7. The Labute approximate surface area is 140 Å². The molecular weight excluding hydrogens is 491 g/mol. The predicted molar refractivity (Wildman–Crippen MR) is 90.9 cm³/mol. The summed E-state index contributed by atoms with van der Waals surface area (Å²) in [5.41, 5.74) is 1.31. The van der Waals surface area contributed by atoms with E-state index in [9.17, 15) is 10.1 Å². The third kappa shape index (κ3) is 3.67. The van der Waals surface area contributed by atoms with Gasteiger partial charge in [0, 0.05) is 18.6 Å². The van der Waals surface area contributed by atoms with Gasteiger partial charge in [0.25, 0.3) is 5.69 Å². The van der Waals surface area contributed by atoms with Gasteiger partial charge in [-0.3, -0.25) is 10.1 Å². The van der Waals surface area contributed by atoms with Gasteiger partial charge in [0.05, 0.1) is 10.6 Å². The quantitative estimate of drug-likeness (QED) is 0.348. The Bertz CT molecular complexity index is 650. The van der Waals surface area contributed by atoms with Crippen LogP contribution in [0.5, 0.6) is 0 Å². The summed E-state index contributed by atoms with van der Waals surface area (Å²) in [7, 11) is 0. The third-order valence-electron chi connectivity index (χ3n) is 2.35. The number of anilines is 2. The molecule has 0 aliphatic rings. The molecule has 0 atom stereocenters. The first-order valence-electron chi connectivity index (χ1n) is 5.13. The van der Waals surface area contributed by atoms with Crippen molar-refractivity contribution >= 4 is 71.5 Å². The normalized spacial score (nSPS) is 10.3. The van der Waals surface area contributed by atoms with Crippen LogP contribution >= 0.6 is 54.5 Å². The summed E-state index contributed by atoms with van der Waals surface area (Å²) < 4.78 is 2.57. The van der Waals surface area contributed by atoms with Crippen LogP contribution in [-0.2, 0) is 0 Å². The molecule has 0 heterocycles. The molecule has 0 fully saturated rings. The fraction of sp³-hybridized carbons (Fsp3) is 0. The summed E-state index contributed by atoms with van der Waals surface area (Å²) in [5, 5.41) is 14.1. The van der Waals surface area contributed by atoms with E-state index in [4.69, 9.17) is 0 Å². The lowest BCUT2D eigenvalue weighted by molar-refractivity contribution is -0.384. The van der Waals surface area contributed by atoms with Gasteiger partial charge >= 0.3 is 0 Å². The summed E-state index contributed by atoms with van der Waals surface area (Å²) >= 11 is 8.80. The van der Waals surface area contributed by atoms with Crippen LogP contribution in [0.4, 0.5) is 17.1 Å². The highest BCUT2D eigenvalue weighted by molar-refractivity contribution is 14.1. The third-order valence-corrected chi connectivity index (χ3v) is 4.28. The van der Waals surface area contributed by atoms with Crippen molar-refractivity contribution in [3.63, 3.8) is 0 Å². The number of benzene rings is 2. The van der Waals surface area contributed by atoms with Crippen LogP contribution in [0.15, 0.2) is 45.3 Å². The number of halogens is 3. The topological polar surface area (TPSA) is 55.2 Å². The first kappa shape index (κ1) is 14.7. The van der Waals surface area contributed by atoms with Gasteiger partial charge in [-0.25, -0.2) is 0 Å². The van der Waals surface area contributed by atoms with E-state index < -0.39 is 4.92 Å². The van der Waals surface area contributed by atoms with Gasteiger partial charge in [-0.1, -0.05) is 31.9 Å². The van der Waals surface area contributed by atoms with Crippen molar-refractivity contribution in [2.75, 3.05) is 5.32 Å². The maximum absolute atomic E-state index is 11.0. The molecule has 4 nitrogen and oxygen atoms in total. The molecular formula is C12H7Br2IN2O2. The molecule has 7 heteroatoms. The molecule has 98 valence electrons. The second-order valence-electron chi connectivity index (χ2n) is 3.67. The van der Waals surface area contributed by atoms with E-state index in [1.807, 2.05) is 18.2 Å². The van der Waals surface area contributed by atoms with Gasteiger partial charge in [-0.2, -0.15) is 0 Å². The smallest absolute Gasteiger partial charge is 0.293 e. The summed E-state index contributed by atoms with van der Waals surface area (Å²) in [6.07, 6.45) is 0. The largest absolute Gasteiger partial charge is 0.349 e. The van der Waals surface area contributed by atoms with Gasteiger partial charge in [-0.15, -0.1) is 0 Å². The fourth-order valence-corrected chi connectivity index (χ4v) is 2.68. The molecule has 0 aliphatic heterocycles. The molecule has 0 unspecified atom stereocenters. The number of rotatable bonds is 3. The lowest BCUT2D eigenvalue weighted by atomic mass is 10.2. The van der Waals surface area contributed by atoms with Crippen LogP contribution in [0.25, 0.3) is 0 Å². The molecule has 0 saturated heterocycles. The van der Waals surface area contributed by atoms with Crippen molar-refractivity contribution in [3.05, 3.63) is 59.0 Å². The average molecular weight is 498 g/mol. The van der Waals surface area contributed by atoms with Gasteiger partial charge in [0.2, 0.25) is 0 Å². The Morgan fingerprint density at radius 2 is 1.68 bits per heavy atom. The van der Waals surface area contributed by atoms with Crippen LogP contribution in [0, 0.1) is 13.7 Å². The molecule has 19 heavy (non-hydrogen) atoms. The molecule has 2 aromatic rings. The lowest BCUT2D eigenvalue weighted by Crippen LogP contribution is -1.98. The molecule has 0 aromatic heterocycles. The number of nitro groups is 1. The van der Waals surface area contributed by atoms with E-state index in [2.05, 4.69) is 59.8 Å². The Morgan fingerprint density at radius 3 is 2.37 bits per heavy atom. The number of nitrogens with one attached hydrogen (secondary N) is 1. The number of hydrogen-bond donors (Lipinski definition) is 1. The monoisotopic (exact) mass is 496 g/mol. The molecule has 2 rings (SSSR count). The van der Waals surface area contributed by atoms with E-state index in [0.717, 1.165) is 13.7 Å². The minimum Gasteiger partial charge on any atom is -0.349 e. The Kier molecular flexibility index (Phi) is 4.80. The van der Waals surface area contributed by atoms with E-state index in [1.54, 1.807) is 12.1 Å². The molecule has 0 spiro atoms. The van der Waals surface area contributed by atoms with Crippen molar-refractivity contribution < 1.29 is 4.92 Å². The van der Waals surface area contributed by atoms with Crippen molar-refractivity contribution in [3.8, 4) is 0 Å². The highest BCUT2D eigenvalue weighted by atomic mass is 127. The van der Waals surface area contributed by atoms with E-state index in [0.29, 0.717) is 10.2 Å². The van der Waals surface area contributed by atoms with Gasteiger partial charge in [-0.05, 0) is 52.9 Å². The molecule has 0 bridgehead atoms. The molecule has 0 radical (unpaired) electrons. The van der Waals surface area contributed by atoms with Crippen LogP contribution in [0.1, 0.15) is 0 Å². The van der Waals surface area contributed by atoms with Crippen LogP contribution < -0.4 is 5.32 Å². The van der Waals surface area contributed by atoms with Crippen molar-refractivity contribution in [2.24, 2.45) is 0 Å². The molecule has 0 saturated carbocycles. The van der Waals surface area contributed by atoms with E-state index >= 15 is 0 Å². The first-order chi connectivity index (χ1) is 8.97. The second-order valence-corrected chi connectivity index (χ2v) is 6.66. The maximum Gasteiger partial charge on any atom is 0.293 e. The summed E-state index contributed by atoms with van der Waals surface area (Å²) in [5.74, 6) is 0. The summed E-state index contributed by atoms with van der Waals surface area (Å²) in [4.78, 5) is 10.6. The molecule has 1 N–H and O–H groups in total. The Balaban J connectivity index is 2.43. The number of nitrogens with zero attached hydrogens (tertiary/aromatic N) is 1. The van der Waals surface area contributed by atoms with Crippen molar-refractivity contribution in [1.29, 1.82) is 0 Å². The zero-order chi connectivity index (χ0) is 14.0. The number of nitro benzene ring substituents is 1. The standard InChI is InChI=1S/C12H7Br2IN2O2/c13-7-1-3-9(15)11(5-7)16-10-4-2-8(14)6-12(10)17(18)19/h1-6,16H. The molecule has 0 aliphatic carbocycles. The highest BCUT2D eigenvalue weighted by Gasteiger charge is 2.15. The van der Waals surface area contributed by atoms with Gasteiger partial charge < -0.3 is 5.32 Å². The van der Waals surface area contributed by atoms with E-state index in [1.165, 1.54) is 6.07 Å². The summed E-state index contributed by atoms with van der Waals surface area (Å²) in [6.45, 7) is 0. The van der Waals surface area contributed by atoms with Crippen molar-refractivity contribution in [1.82, 2.24) is 0 Å². The number of hydrogen-bond acceptors (Lipinski definition) is 3. The Hall–Kier alpha value is -0.670. The van der Waals surface area contributed by atoms with Crippen molar-refractivity contribution in [2.45, 2.75) is 0 Å². The SMILES string of the molecule is O=[N+]([O-])c1cc(Br)ccc1Nc1cc(Br)ccc1I. The van der Waals surface area contributed by atoms with Crippen LogP contribution in [0.3, 0.4) is 0 Å². The van der Waals surface area contributed by atoms with Gasteiger partial charge in [0.1, 0.15) is 5.69 Å². The maximum atomic E-state index is 11.0. The minimum absolute atomic E-state index is 0.0325. The first-order valence-corrected chi connectivity index (χ1v) is 7.80. The minimum atomic E-state index is -0.405. The lowest BCUT2D eigenvalue weighted by Gasteiger charge is -2.09. The molecule has 2 aromatic carbocycles. The highest BCUT2D eigenvalue weighted by Crippen LogP contribution is 2.33. The van der Waals surface area contributed by atoms with Crippen LogP contribution in [0.2, 0.25) is 0 Å². The van der Waals surface area contributed by atoms with Crippen LogP contribution in [-0.4, -0.2) is 4.92 Å². The second kappa shape index (κ2) is 6.19. The van der Waals surface area contributed by atoms with E-state index in [-0.39, 0.29) is 5.69 Å². The van der Waals surface area contributed by atoms with Gasteiger partial charge in [0.15, 0.2) is 0 Å².